The van der Waals surface area contributed by atoms with Gasteiger partial charge in [0.15, 0.2) is 46.9 Å². The van der Waals surface area contributed by atoms with Crippen LogP contribution in [0.15, 0.2) is 0 Å². The van der Waals surface area contributed by atoms with E-state index in [2.05, 4.69) is 6.92 Å². The first kappa shape index (κ1) is 50.4. The molecule has 10 atom stereocenters. The van der Waals surface area contributed by atoms with Crippen molar-refractivity contribution in [3.8, 4) is 0 Å². The van der Waals surface area contributed by atoms with Gasteiger partial charge in [0.25, 0.3) is 0 Å². The Hall–Kier alpha value is -1.92. The largest absolute Gasteiger partial charge is 0.453 e. The van der Waals surface area contributed by atoms with Gasteiger partial charge in [-0.2, -0.15) is 0 Å². The normalized spacial score (nSPS) is 31.5. The highest BCUT2D eigenvalue weighted by molar-refractivity contribution is 6.01. The molecule has 58 heavy (non-hydrogen) atoms. The summed E-state index contributed by atoms with van der Waals surface area (Å²) in [6.07, 6.45) is -6.39. The molecule has 15 nitrogen and oxygen atoms in total. The van der Waals surface area contributed by atoms with E-state index in [1.807, 2.05) is 20.8 Å². The highest BCUT2D eigenvalue weighted by Crippen LogP contribution is 2.46. The topological polar surface area (TPSA) is 214 Å². The van der Waals surface area contributed by atoms with E-state index in [4.69, 9.17) is 33.2 Å². The van der Waals surface area contributed by atoms with Crippen molar-refractivity contribution in [1.82, 2.24) is 0 Å². The van der Waals surface area contributed by atoms with E-state index < -0.39 is 95.3 Å². The lowest BCUT2D eigenvalue weighted by Gasteiger charge is -2.55. The number of esters is 1. The van der Waals surface area contributed by atoms with Crippen LogP contribution in [0.25, 0.3) is 0 Å². The van der Waals surface area contributed by atoms with Gasteiger partial charge in [0.2, 0.25) is 11.9 Å². The van der Waals surface area contributed by atoms with Crippen molar-refractivity contribution in [3.63, 3.8) is 0 Å². The lowest BCUT2D eigenvalue weighted by atomic mass is 9.64. The molecule has 2 unspecified atom stereocenters. The molecule has 3 fully saturated rings. The maximum absolute atomic E-state index is 14.6. The molecular formula is C43H74O15. The molecule has 0 saturated carbocycles. The third-order valence-corrected chi connectivity index (χ3v) is 11.3. The lowest BCUT2D eigenvalue weighted by Crippen LogP contribution is -2.82. The van der Waals surface area contributed by atoms with Crippen LogP contribution in [0.5, 0.6) is 0 Å². The first-order valence-electron chi connectivity index (χ1n) is 21.9. The van der Waals surface area contributed by atoms with E-state index >= 15 is 0 Å². The van der Waals surface area contributed by atoms with E-state index in [9.17, 15) is 39.6 Å². The van der Waals surface area contributed by atoms with Crippen LogP contribution in [0.2, 0.25) is 0 Å². The lowest BCUT2D eigenvalue weighted by molar-refractivity contribution is -0.377. The number of hydrogen-bond donors (Lipinski definition) is 4. The number of aliphatic hydroxyl groups excluding tert-OH is 2. The summed E-state index contributed by atoms with van der Waals surface area (Å²) in [4.78, 5) is 56.3. The molecule has 336 valence electrons. The molecule has 3 aliphatic heterocycles. The Labute approximate surface area is 345 Å². The number of carbonyl (C=O) groups is 4. The molecule has 0 aliphatic carbocycles. The number of Topliss-reactive ketones (excluding diaryl/α,β-unsaturated/α-hetero) is 3. The van der Waals surface area contributed by atoms with Gasteiger partial charge in [0.05, 0.1) is 6.61 Å². The van der Waals surface area contributed by atoms with Gasteiger partial charge in [0, 0.05) is 25.7 Å². The zero-order valence-corrected chi connectivity index (χ0v) is 36.3. The van der Waals surface area contributed by atoms with E-state index in [0.717, 1.165) is 25.7 Å². The van der Waals surface area contributed by atoms with Crippen LogP contribution in [0, 0.1) is 0 Å². The monoisotopic (exact) mass is 831 g/mol. The summed E-state index contributed by atoms with van der Waals surface area (Å²) >= 11 is 0. The molecule has 15 heteroatoms. The maximum Gasteiger partial charge on any atom is 0.306 e. The molecule has 3 heterocycles. The Morgan fingerprint density at radius 3 is 1.72 bits per heavy atom. The van der Waals surface area contributed by atoms with Crippen LogP contribution in [0.1, 0.15) is 171 Å². The number of carbonyl (C=O) groups excluding carboxylic acids is 4. The fourth-order valence-corrected chi connectivity index (χ4v) is 8.04. The van der Waals surface area contributed by atoms with Gasteiger partial charge in [-0.3, -0.25) is 19.2 Å². The summed E-state index contributed by atoms with van der Waals surface area (Å²) in [6, 6.07) is 0. The highest BCUT2D eigenvalue weighted by Gasteiger charge is 2.74. The molecule has 0 aromatic heterocycles. The summed E-state index contributed by atoms with van der Waals surface area (Å²) in [7, 11) is 0. The Kier molecular flexibility index (Phi) is 19.8. The average molecular weight is 831 g/mol. The van der Waals surface area contributed by atoms with Gasteiger partial charge in [0.1, 0.15) is 30.5 Å². The fourth-order valence-electron chi connectivity index (χ4n) is 8.04. The Morgan fingerprint density at radius 1 is 0.655 bits per heavy atom. The van der Waals surface area contributed by atoms with Crippen LogP contribution in [-0.4, -0.2) is 122 Å². The number of unbranched alkanes of at least 4 members (excludes halogenated alkanes) is 10. The third kappa shape index (κ3) is 12.6. The van der Waals surface area contributed by atoms with Crippen LogP contribution in [0.4, 0.5) is 0 Å². The Bertz CT molecular complexity index is 1320. The summed E-state index contributed by atoms with van der Waals surface area (Å²) < 4.78 is 42.1. The number of ether oxygens (including phenoxy) is 7. The fraction of sp³-hybridized carbons (Fsp3) is 0.907. The molecule has 0 aromatic carbocycles. The molecule has 0 amide bonds. The number of aliphatic hydroxyl groups is 4. The zero-order valence-electron chi connectivity index (χ0n) is 36.3. The SMILES string of the molecule is CCCCCCCC(=O)O[C@@H]1[C@H](OC(O)[C@@H]2OC(C)(C)O[C@H]2[C@@H]2COC(C)(C)O2)O[C@H](C(O)C(=O)CCCCC)[C@](O)(C(=O)CCCCC)[C@@]1(O)C(=O)CCCCC. The van der Waals surface area contributed by atoms with Gasteiger partial charge in [-0.1, -0.05) is 91.9 Å². The van der Waals surface area contributed by atoms with Gasteiger partial charge < -0.3 is 53.6 Å². The number of hydrogen-bond acceptors (Lipinski definition) is 15. The van der Waals surface area contributed by atoms with Crippen molar-refractivity contribution in [2.45, 2.75) is 243 Å². The average Bonchev–Trinajstić information content (AvgIpc) is 3.71. The van der Waals surface area contributed by atoms with Gasteiger partial charge in [-0.15, -0.1) is 0 Å². The summed E-state index contributed by atoms with van der Waals surface area (Å²) in [5, 5.41) is 49.4. The molecule has 3 aliphatic rings. The van der Waals surface area contributed by atoms with E-state index in [0.29, 0.717) is 51.4 Å². The van der Waals surface area contributed by atoms with E-state index in [-0.39, 0.29) is 45.1 Å². The second kappa shape index (κ2) is 22.8. The molecule has 4 N–H and O–H groups in total. The first-order chi connectivity index (χ1) is 27.3. The van der Waals surface area contributed by atoms with Crippen molar-refractivity contribution in [3.05, 3.63) is 0 Å². The van der Waals surface area contributed by atoms with Crippen molar-refractivity contribution >= 4 is 23.3 Å². The summed E-state index contributed by atoms with van der Waals surface area (Å²) in [6.45, 7) is 14.5. The molecular weight excluding hydrogens is 756 g/mol. The predicted molar refractivity (Wildman–Crippen MR) is 211 cm³/mol. The summed E-state index contributed by atoms with van der Waals surface area (Å²) in [5.74, 6) is -6.09. The van der Waals surface area contributed by atoms with Crippen LogP contribution in [-0.2, 0) is 52.3 Å². The van der Waals surface area contributed by atoms with Crippen LogP contribution < -0.4 is 0 Å². The molecule has 3 rings (SSSR count). The smallest absolute Gasteiger partial charge is 0.306 e. The second-order valence-corrected chi connectivity index (χ2v) is 17.1. The van der Waals surface area contributed by atoms with Crippen LogP contribution >= 0.6 is 0 Å². The maximum atomic E-state index is 14.6. The van der Waals surface area contributed by atoms with Crippen molar-refractivity contribution in [1.29, 1.82) is 0 Å². The molecule has 0 bridgehead atoms. The predicted octanol–water partition coefficient (Wildman–Crippen LogP) is 5.26. The standard InChI is InChI=1S/C43H74O15/c1-9-13-17-18-22-26-32(47)53-37-39(55-38(49)35-34(57-41(7,8)58-35)29-27-52-40(5,6)56-29)54-36(33(48)28(44)23-19-14-10-2)42(50,30(45)24-20-15-11-3)43(37,51)31(46)25-21-16-12-4/h29,33-39,48-51H,9-27H2,1-8H3/t29-,33?,34-,35+,36+,37+,38?,39-,42+,43+/m0/s1. The first-order valence-corrected chi connectivity index (χ1v) is 21.9. The second-order valence-electron chi connectivity index (χ2n) is 17.1. The van der Waals surface area contributed by atoms with E-state index in [1.54, 1.807) is 27.7 Å². The molecule has 0 radical (unpaired) electrons. The van der Waals surface area contributed by atoms with Crippen molar-refractivity contribution in [2.75, 3.05) is 6.61 Å². The molecule has 0 spiro atoms. The van der Waals surface area contributed by atoms with E-state index in [1.165, 1.54) is 0 Å². The van der Waals surface area contributed by atoms with Crippen molar-refractivity contribution in [2.24, 2.45) is 0 Å². The number of ketones is 3. The highest BCUT2D eigenvalue weighted by atomic mass is 16.8. The van der Waals surface area contributed by atoms with Gasteiger partial charge in [-0.05, 0) is 53.4 Å². The summed E-state index contributed by atoms with van der Waals surface area (Å²) in [5.41, 5.74) is -6.60. The Balaban J connectivity index is 2.19. The van der Waals surface area contributed by atoms with Crippen LogP contribution in [0.3, 0.4) is 0 Å². The Morgan fingerprint density at radius 2 is 1.17 bits per heavy atom. The minimum atomic E-state index is -3.31. The zero-order chi connectivity index (χ0) is 43.3. The van der Waals surface area contributed by atoms with Crippen molar-refractivity contribution < 1.29 is 72.8 Å². The minimum Gasteiger partial charge on any atom is -0.453 e. The van der Waals surface area contributed by atoms with Gasteiger partial charge in [-0.25, -0.2) is 0 Å². The molecule has 3 saturated heterocycles. The van der Waals surface area contributed by atoms with Gasteiger partial charge >= 0.3 is 5.97 Å². The minimum absolute atomic E-state index is 0.0757. The quantitative estimate of drug-likeness (QED) is 0.0472. The molecule has 0 aromatic rings. The third-order valence-electron chi connectivity index (χ3n) is 11.3. The number of rotatable bonds is 27.